The minimum Gasteiger partial charge on any atom is -0.490 e. The first-order chi connectivity index (χ1) is 14.2. The average Bonchev–Trinajstić information content (AvgIpc) is 2.92. The lowest BCUT2D eigenvalue weighted by atomic mass is 10.0. The number of amides is 1. The van der Waals surface area contributed by atoms with E-state index in [1.807, 2.05) is 41.3 Å². The van der Waals surface area contributed by atoms with Gasteiger partial charge in [-0.25, -0.2) is 0 Å². The van der Waals surface area contributed by atoms with Gasteiger partial charge in [0, 0.05) is 59.5 Å². The van der Waals surface area contributed by atoms with Crippen molar-refractivity contribution in [2.24, 2.45) is 0 Å². The second-order valence-corrected chi connectivity index (χ2v) is 8.11. The smallest absolute Gasteiger partial charge is 0.223 e. The second-order valence-electron chi connectivity index (χ2n) is 7.67. The van der Waals surface area contributed by atoms with Crippen molar-refractivity contribution >= 4 is 28.4 Å². The van der Waals surface area contributed by atoms with Gasteiger partial charge in [-0.3, -0.25) is 4.79 Å². The van der Waals surface area contributed by atoms with Crippen LogP contribution in [0.4, 0.5) is 0 Å². The summed E-state index contributed by atoms with van der Waals surface area (Å²) < 4.78 is 11.4. The first-order valence-electron chi connectivity index (χ1n) is 10.1. The molecule has 0 atom stereocenters. The molecule has 2 aliphatic heterocycles. The number of hydrogen-bond donors (Lipinski definition) is 1. The van der Waals surface area contributed by atoms with Gasteiger partial charge in [0.25, 0.3) is 0 Å². The molecule has 0 saturated heterocycles. The van der Waals surface area contributed by atoms with E-state index in [2.05, 4.69) is 4.98 Å². The third-order valence-electron chi connectivity index (χ3n) is 5.73. The van der Waals surface area contributed by atoms with Crippen molar-refractivity contribution in [3.05, 3.63) is 58.2 Å². The van der Waals surface area contributed by atoms with Gasteiger partial charge in [-0.15, -0.1) is 0 Å². The molecule has 0 bridgehead atoms. The van der Waals surface area contributed by atoms with E-state index in [-0.39, 0.29) is 5.91 Å². The Morgan fingerprint density at radius 1 is 1.10 bits per heavy atom. The van der Waals surface area contributed by atoms with Crippen LogP contribution in [0.2, 0.25) is 5.02 Å². The van der Waals surface area contributed by atoms with Gasteiger partial charge in [0.05, 0.1) is 13.2 Å². The predicted octanol–water partition coefficient (Wildman–Crippen LogP) is 4.50. The van der Waals surface area contributed by atoms with Crippen LogP contribution >= 0.6 is 11.6 Å². The molecule has 29 heavy (non-hydrogen) atoms. The summed E-state index contributed by atoms with van der Waals surface area (Å²) in [4.78, 5) is 18.3. The fourth-order valence-corrected chi connectivity index (χ4v) is 4.34. The van der Waals surface area contributed by atoms with Crippen LogP contribution in [0.5, 0.6) is 11.5 Å². The zero-order valence-corrected chi connectivity index (χ0v) is 16.9. The number of aryl methyl sites for hydroxylation is 1. The van der Waals surface area contributed by atoms with Gasteiger partial charge in [-0.2, -0.15) is 0 Å². The van der Waals surface area contributed by atoms with Crippen molar-refractivity contribution < 1.29 is 14.3 Å². The van der Waals surface area contributed by atoms with Crippen LogP contribution in [-0.4, -0.2) is 35.5 Å². The maximum Gasteiger partial charge on any atom is 0.223 e. The number of halogens is 1. The number of fused-ring (bicyclic) bond motifs is 4. The van der Waals surface area contributed by atoms with Crippen molar-refractivity contribution in [2.45, 2.75) is 32.2 Å². The quantitative estimate of drug-likeness (QED) is 0.691. The lowest BCUT2D eigenvalue weighted by molar-refractivity contribution is -0.132. The topological polar surface area (TPSA) is 54.6 Å². The third-order valence-corrected chi connectivity index (χ3v) is 5.96. The predicted molar refractivity (Wildman–Crippen MR) is 113 cm³/mol. The monoisotopic (exact) mass is 410 g/mol. The molecule has 2 aliphatic rings. The van der Waals surface area contributed by atoms with Gasteiger partial charge in [0.15, 0.2) is 11.5 Å². The highest BCUT2D eigenvalue weighted by atomic mass is 35.5. The van der Waals surface area contributed by atoms with Crippen LogP contribution in [0.1, 0.15) is 29.7 Å². The van der Waals surface area contributed by atoms with E-state index in [9.17, 15) is 4.79 Å². The Hall–Kier alpha value is -2.66. The van der Waals surface area contributed by atoms with Gasteiger partial charge in [-0.1, -0.05) is 17.7 Å². The number of nitrogens with zero attached hydrogens (tertiary/aromatic N) is 1. The summed E-state index contributed by atoms with van der Waals surface area (Å²) in [5, 5.41) is 1.84. The number of benzene rings is 2. The molecule has 150 valence electrons. The van der Waals surface area contributed by atoms with Crippen LogP contribution in [-0.2, 0) is 24.2 Å². The molecule has 6 heteroatoms. The first kappa shape index (κ1) is 18.4. The Morgan fingerprint density at radius 2 is 1.97 bits per heavy atom. The summed E-state index contributed by atoms with van der Waals surface area (Å²) >= 11 is 6.18. The minimum atomic E-state index is 0.180. The zero-order valence-electron chi connectivity index (χ0n) is 16.2. The SMILES string of the molecule is O=C(CCc1ccc2c(c1)OCCCO2)N1CCc2[nH]c3ccc(Cl)cc3c2C1. The Bertz CT molecular complexity index is 1080. The van der Waals surface area contributed by atoms with E-state index in [1.54, 1.807) is 0 Å². The second kappa shape index (κ2) is 7.64. The highest BCUT2D eigenvalue weighted by Crippen LogP contribution is 2.32. The maximum absolute atomic E-state index is 12.9. The van der Waals surface area contributed by atoms with Crippen molar-refractivity contribution in [2.75, 3.05) is 19.8 Å². The number of hydrogen-bond acceptors (Lipinski definition) is 3. The molecular formula is C23H23ClN2O3. The Kier molecular flexibility index (Phi) is 4.84. The number of carbonyl (C=O) groups is 1. The van der Waals surface area contributed by atoms with Gasteiger partial charge >= 0.3 is 0 Å². The van der Waals surface area contributed by atoms with Crippen molar-refractivity contribution in [1.29, 1.82) is 0 Å². The molecule has 0 fully saturated rings. The van der Waals surface area contributed by atoms with Crippen LogP contribution in [0, 0.1) is 0 Å². The number of H-pyrrole nitrogens is 1. The summed E-state index contributed by atoms with van der Waals surface area (Å²) in [5.41, 5.74) is 4.59. The number of aromatic nitrogens is 1. The molecule has 2 aromatic carbocycles. The Labute approximate surface area is 174 Å². The van der Waals surface area contributed by atoms with Crippen LogP contribution in [0.3, 0.4) is 0 Å². The van der Waals surface area contributed by atoms with E-state index < -0.39 is 0 Å². The molecule has 3 aromatic rings. The zero-order chi connectivity index (χ0) is 19.8. The van der Waals surface area contributed by atoms with Crippen LogP contribution < -0.4 is 9.47 Å². The van der Waals surface area contributed by atoms with Crippen molar-refractivity contribution in [1.82, 2.24) is 9.88 Å². The summed E-state index contributed by atoms with van der Waals surface area (Å²) in [6.45, 7) is 2.73. The minimum absolute atomic E-state index is 0.180. The lowest BCUT2D eigenvalue weighted by Crippen LogP contribution is -2.35. The molecule has 1 N–H and O–H groups in total. The molecule has 0 aliphatic carbocycles. The third kappa shape index (κ3) is 3.67. The summed E-state index contributed by atoms with van der Waals surface area (Å²) in [7, 11) is 0. The highest BCUT2D eigenvalue weighted by Gasteiger charge is 2.24. The molecule has 0 radical (unpaired) electrons. The Morgan fingerprint density at radius 3 is 2.86 bits per heavy atom. The Balaban J connectivity index is 1.27. The molecule has 1 aromatic heterocycles. The van der Waals surface area contributed by atoms with Crippen LogP contribution in [0.15, 0.2) is 36.4 Å². The molecule has 0 unspecified atom stereocenters. The first-order valence-corrected chi connectivity index (χ1v) is 10.5. The fraction of sp³-hybridized carbons (Fsp3) is 0.348. The molecule has 0 spiro atoms. The summed E-state index contributed by atoms with van der Waals surface area (Å²) in [6, 6.07) is 11.9. The lowest BCUT2D eigenvalue weighted by Gasteiger charge is -2.27. The normalized spacial score (nSPS) is 15.8. The molecule has 5 rings (SSSR count). The van der Waals surface area contributed by atoms with E-state index in [0.717, 1.165) is 52.4 Å². The largest absolute Gasteiger partial charge is 0.490 e. The standard InChI is InChI=1S/C23H23ClN2O3/c24-16-4-5-19-17(13-16)18-14-26(9-8-20(18)25-19)23(27)7-3-15-2-6-21-22(12-15)29-11-1-10-28-21/h2,4-6,12-13,25H,1,3,7-11,14H2. The van der Waals surface area contributed by atoms with E-state index in [0.29, 0.717) is 32.6 Å². The van der Waals surface area contributed by atoms with Crippen LogP contribution in [0.25, 0.3) is 10.9 Å². The molecule has 5 nitrogen and oxygen atoms in total. The molecule has 1 amide bonds. The summed E-state index contributed by atoms with van der Waals surface area (Å²) in [6.07, 6.45) is 2.91. The van der Waals surface area contributed by atoms with Gasteiger partial charge in [0.2, 0.25) is 5.91 Å². The molecular weight excluding hydrogens is 388 g/mol. The molecule has 0 saturated carbocycles. The van der Waals surface area contributed by atoms with E-state index >= 15 is 0 Å². The number of ether oxygens (including phenoxy) is 2. The summed E-state index contributed by atoms with van der Waals surface area (Å²) in [5.74, 6) is 1.75. The number of aromatic amines is 1. The number of nitrogens with one attached hydrogen (secondary N) is 1. The molecule has 3 heterocycles. The fourth-order valence-electron chi connectivity index (χ4n) is 4.17. The number of rotatable bonds is 3. The van der Waals surface area contributed by atoms with Gasteiger partial charge in [0.1, 0.15) is 0 Å². The van der Waals surface area contributed by atoms with Gasteiger partial charge < -0.3 is 19.4 Å². The highest BCUT2D eigenvalue weighted by molar-refractivity contribution is 6.31. The maximum atomic E-state index is 12.9. The number of carbonyl (C=O) groups excluding carboxylic acids is 1. The average molecular weight is 411 g/mol. The van der Waals surface area contributed by atoms with E-state index in [4.69, 9.17) is 21.1 Å². The van der Waals surface area contributed by atoms with Gasteiger partial charge in [-0.05, 0) is 42.3 Å². The van der Waals surface area contributed by atoms with E-state index in [1.165, 1.54) is 11.3 Å². The van der Waals surface area contributed by atoms with Crippen molar-refractivity contribution in [3.8, 4) is 11.5 Å². The van der Waals surface area contributed by atoms with Crippen molar-refractivity contribution in [3.63, 3.8) is 0 Å².